The molecule has 0 aliphatic carbocycles. The van der Waals surface area contributed by atoms with E-state index in [1.165, 1.54) is 154 Å². The molecule has 0 bridgehead atoms. The molecule has 0 fully saturated rings. The standard InChI is InChI=1S/C44H86NO10P/c1-3-5-7-9-11-13-15-16-17-18-19-20-21-22-23-24-26-27-29-31-33-35-42(47)45-41(44(49)50)39-55-56(51,52)54-38-40(46)37-53-43(48)36-34-32-30-28-25-14-12-10-8-6-4-2/h40-41,46H,3-39H2,1-2H3,(H,45,47)(H,49,50)(H,51,52). The first-order valence-corrected chi connectivity index (χ1v) is 24.6. The molecule has 332 valence electrons. The minimum absolute atomic E-state index is 0.153. The number of aliphatic hydroxyl groups excluding tert-OH is 1. The van der Waals surface area contributed by atoms with Crippen molar-refractivity contribution in [3.8, 4) is 0 Å². The van der Waals surface area contributed by atoms with Crippen molar-refractivity contribution in [2.45, 2.75) is 244 Å². The van der Waals surface area contributed by atoms with Gasteiger partial charge in [0.15, 0.2) is 6.04 Å². The van der Waals surface area contributed by atoms with Gasteiger partial charge >= 0.3 is 19.8 Å². The summed E-state index contributed by atoms with van der Waals surface area (Å²) in [6, 6.07) is -1.54. The highest BCUT2D eigenvalue weighted by Gasteiger charge is 2.28. The number of phosphoric ester groups is 1. The summed E-state index contributed by atoms with van der Waals surface area (Å²) in [7, 11) is -4.75. The first-order chi connectivity index (χ1) is 27.1. The number of carboxylic acid groups (broad SMARTS) is 1. The van der Waals surface area contributed by atoms with Gasteiger partial charge in [0.25, 0.3) is 0 Å². The Bertz CT molecular complexity index is 968. The number of aliphatic carboxylic acids is 1. The molecule has 0 aromatic rings. The van der Waals surface area contributed by atoms with Crippen LogP contribution in [0.4, 0.5) is 0 Å². The lowest BCUT2D eigenvalue weighted by Gasteiger charge is -2.18. The van der Waals surface area contributed by atoms with E-state index >= 15 is 0 Å². The molecule has 0 saturated carbocycles. The van der Waals surface area contributed by atoms with Crippen molar-refractivity contribution in [1.82, 2.24) is 5.32 Å². The molecule has 1 amide bonds. The number of esters is 1. The van der Waals surface area contributed by atoms with Gasteiger partial charge in [-0.15, -0.1) is 0 Å². The van der Waals surface area contributed by atoms with Gasteiger partial charge in [-0.3, -0.25) is 18.6 Å². The predicted octanol–water partition coefficient (Wildman–Crippen LogP) is 11.9. The lowest BCUT2D eigenvalue weighted by molar-refractivity contribution is -0.147. The van der Waals surface area contributed by atoms with E-state index in [4.69, 9.17) is 13.8 Å². The van der Waals surface area contributed by atoms with Crippen molar-refractivity contribution in [3.05, 3.63) is 0 Å². The highest BCUT2D eigenvalue weighted by molar-refractivity contribution is 7.47. The molecule has 0 aromatic heterocycles. The highest BCUT2D eigenvalue weighted by atomic mass is 31.2. The van der Waals surface area contributed by atoms with Gasteiger partial charge in [0, 0.05) is 12.8 Å². The fourth-order valence-corrected chi connectivity index (χ4v) is 7.56. The summed E-state index contributed by atoms with van der Waals surface area (Å²) in [5.74, 6) is -2.35. The number of amides is 1. The SMILES string of the molecule is CCCCCCCCCCCCCCCCCCCCCCCC(=O)NC(COP(=O)(O)OCC(O)COC(=O)CCCCCCCCCCCCC)C(=O)O. The van der Waals surface area contributed by atoms with Gasteiger partial charge in [0.1, 0.15) is 12.7 Å². The maximum Gasteiger partial charge on any atom is 0.472 e. The van der Waals surface area contributed by atoms with Gasteiger partial charge in [0.05, 0.1) is 13.2 Å². The van der Waals surface area contributed by atoms with Crippen LogP contribution in [0.25, 0.3) is 0 Å². The van der Waals surface area contributed by atoms with E-state index < -0.39 is 57.6 Å². The minimum Gasteiger partial charge on any atom is -0.480 e. The van der Waals surface area contributed by atoms with E-state index in [9.17, 15) is 34.1 Å². The number of carbonyl (C=O) groups excluding carboxylic acids is 2. The quantitative estimate of drug-likeness (QED) is 0.0264. The van der Waals surface area contributed by atoms with Crippen LogP contribution in [0.2, 0.25) is 0 Å². The Balaban J connectivity index is 3.82. The summed E-state index contributed by atoms with van der Waals surface area (Å²) < 4.78 is 26.8. The molecule has 11 nitrogen and oxygen atoms in total. The van der Waals surface area contributed by atoms with Crippen molar-refractivity contribution in [1.29, 1.82) is 0 Å². The minimum atomic E-state index is -4.75. The van der Waals surface area contributed by atoms with Gasteiger partial charge in [0.2, 0.25) is 5.91 Å². The Morgan fingerprint density at radius 2 is 0.821 bits per heavy atom. The Kier molecular flexibility index (Phi) is 39.2. The van der Waals surface area contributed by atoms with Gasteiger partial charge < -0.3 is 25.2 Å². The first-order valence-electron chi connectivity index (χ1n) is 23.1. The van der Waals surface area contributed by atoms with Crippen LogP contribution in [0.3, 0.4) is 0 Å². The molecule has 0 aromatic carbocycles. The van der Waals surface area contributed by atoms with Crippen molar-refractivity contribution in [3.63, 3.8) is 0 Å². The van der Waals surface area contributed by atoms with E-state index in [0.29, 0.717) is 12.8 Å². The second-order valence-electron chi connectivity index (χ2n) is 16.0. The number of rotatable bonds is 44. The zero-order valence-electron chi connectivity index (χ0n) is 36.0. The molecule has 0 aliphatic heterocycles. The van der Waals surface area contributed by atoms with Crippen LogP contribution >= 0.6 is 7.82 Å². The first kappa shape index (κ1) is 54.5. The zero-order chi connectivity index (χ0) is 41.4. The number of nitrogens with one attached hydrogen (secondary N) is 1. The molecule has 3 atom stereocenters. The number of hydrogen-bond acceptors (Lipinski definition) is 8. The van der Waals surface area contributed by atoms with Crippen molar-refractivity contribution < 1.29 is 47.8 Å². The summed E-state index contributed by atoms with van der Waals surface area (Å²) in [6.07, 6.45) is 38.5. The number of hydrogen-bond donors (Lipinski definition) is 4. The normalized spacial score (nSPS) is 13.6. The Morgan fingerprint density at radius 1 is 0.500 bits per heavy atom. The van der Waals surface area contributed by atoms with Crippen LogP contribution in [-0.4, -0.2) is 64.9 Å². The van der Waals surface area contributed by atoms with Crippen molar-refractivity contribution in [2.75, 3.05) is 19.8 Å². The van der Waals surface area contributed by atoms with Crippen LogP contribution in [0, 0.1) is 0 Å². The average molecular weight is 820 g/mol. The molecule has 0 aliphatic rings. The maximum absolute atomic E-state index is 12.3. The van der Waals surface area contributed by atoms with E-state index in [0.717, 1.165) is 38.5 Å². The molecule has 56 heavy (non-hydrogen) atoms. The highest BCUT2D eigenvalue weighted by Crippen LogP contribution is 2.43. The van der Waals surface area contributed by atoms with Gasteiger partial charge in [-0.1, -0.05) is 206 Å². The number of aliphatic hydroxyl groups is 1. The second-order valence-corrected chi connectivity index (χ2v) is 17.4. The topological polar surface area (TPSA) is 169 Å². The molecule has 0 rings (SSSR count). The van der Waals surface area contributed by atoms with Crippen molar-refractivity contribution >= 4 is 25.7 Å². The van der Waals surface area contributed by atoms with Gasteiger partial charge in [-0.2, -0.15) is 0 Å². The van der Waals surface area contributed by atoms with E-state index in [2.05, 4.69) is 19.2 Å². The van der Waals surface area contributed by atoms with E-state index in [1.807, 2.05) is 0 Å². The summed E-state index contributed by atoms with van der Waals surface area (Å²) >= 11 is 0. The second kappa shape index (κ2) is 40.3. The predicted molar refractivity (Wildman–Crippen MR) is 227 cm³/mol. The van der Waals surface area contributed by atoms with Gasteiger partial charge in [-0.05, 0) is 12.8 Å². The molecule has 12 heteroatoms. The number of carbonyl (C=O) groups is 3. The zero-order valence-corrected chi connectivity index (χ0v) is 36.9. The molecular formula is C44H86NO10P. The largest absolute Gasteiger partial charge is 0.480 e. The molecule has 4 N–H and O–H groups in total. The summed E-state index contributed by atoms with van der Waals surface area (Å²) in [5.41, 5.74) is 0. The monoisotopic (exact) mass is 820 g/mol. The van der Waals surface area contributed by atoms with Crippen LogP contribution in [-0.2, 0) is 32.7 Å². The molecule has 0 spiro atoms. The number of unbranched alkanes of at least 4 members (excludes halogenated alkanes) is 30. The fraction of sp³-hybridized carbons (Fsp3) is 0.932. The molecular weight excluding hydrogens is 733 g/mol. The van der Waals surface area contributed by atoms with Crippen LogP contribution < -0.4 is 5.32 Å². The smallest absolute Gasteiger partial charge is 0.472 e. The fourth-order valence-electron chi connectivity index (χ4n) is 6.79. The third-order valence-electron chi connectivity index (χ3n) is 10.4. The van der Waals surface area contributed by atoms with Gasteiger partial charge in [-0.25, -0.2) is 9.36 Å². The summed E-state index contributed by atoms with van der Waals surface area (Å²) in [6.45, 7) is 2.62. The third-order valence-corrected chi connectivity index (χ3v) is 11.3. The molecule has 3 unspecified atom stereocenters. The molecule has 0 radical (unpaired) electrons. The van der Waals surface area contributed by atoms with Crippen LogP contribution in [0.15, 0.2) is 0 Å². The summed E-state index contributed by atoms with van der Waals surface area (Å²) in [4.78, 5) is 45.9. The Hall–Kier alpha value is -1.52. The number of carboxylic acids is 1. The Morgan fingerprint density at radius 3 is 1.18 bits per heavy atom. The molecule has 0 saturated heterocycles. The van der Waals surface area contributed by atoms with E-state index in [-0.39, 0.29) is 12.8 Å². The third kappa shape index (κ3) is 39.3. The van der Waals surface area contributed by atoms with Crippen LogP contribution in [0.1, 0.15) is 232 Å². The van der Waals surface area contributed by atoms with Crippen LogP contribution in [0.5, 0.6) is 0 Å². The summed E-state index contributed by atoms with van der Waals surface area (Å²) in [5, 5.41) is 21.8. The van der Waals surface area contributed by atoms with Crippen molar-refractivity contribution in [2.24, 2.45) is 0 Å². The average Bonchev–Trinajstić information content (AvgIpc) is 3.17. The lowest BCUT2D eigenvalue weighted by atomic mass is 10.0. The number of phosphoric acid groups is 1. The lowest BCUT2D eigenvalue weighted by Crippen LogP contribution is -2.43. The Labute approximate surface area is 342 Å². The van der Waals surface area contributed by atoms with E-state index in [1.54, 1.807) is 0 Å². The number of ether oxygens (including phenoxy) is 1. The molecule has 0 heterocycles. The maximum atomic E-state index is 12.3.